The zero-order valence-electron chi connectivity index (χ0n) is 31.2. The molecule has 55 heavy (non-hydrogen) atoms. The number of carbonyl (C=O) groups excluding carboxylic acids is 3. The molecule has 0 saturated carbocycles. The van der Waals surface area contributed by atoms with E-state index in [4.69, 9.17) is 38.1 Å². The number of amides is 1. The molecule has 14 nitrogen and oxygen atoms in total. The van der Waals surface area contributed by atoms with Crippen molar-refractivity contribution in [1.29, 1.82) is 0 Å². The van der Waals surface area contributed by atoms with E-state index in [0.717, 1.165) is 34.6 Å². The predicted octanol–water partition coefficient (Wildman–Crippen LogP) is 5.14. The summed E-state index contributed by atoms with van der Waals surface area (Å²) >= 11 is 0. The molecule has 2 aromatic heterocycles. The molecular weight excluding hydrogens is 751 g/mol. The van der Waals surface area contributed by atoms with Crippen LogP contribution in [-0.2, 0) is 61.5 Å². The fourth-order valence-corrected chi connectivity index (χ4v) is 9.78. The van der Waals surface area contributed by atoms with E-state index in [9.17, 15) is 19.2 Å². The summed E-state index contributed by atoms with van der Waals surface area (Å²) in [4.78, 5) is 56.6. The minimum Gasteiger partial charge on any atom is -0.463 e. The molecule has 0 bridgehead atoms. The molecule has 5 heterocycles. The second kappa shape index (κ2) is 20.5. The Bertz CT molecular complexity index is 1850. The molecule has 6 rings (SSSR count). The molecule has 0 aliphatic carbocycles. The van der Waals surface area contributed by atoms with Crippen molar-refractivity contribution in [1.82, 2.24) is 14.9 Å². The number of carbonyl (C=O) groups is 3. The van der Waals surface area contributed by atoms with E-state index < -0.39 is 17.7 Å². The lowest BCUT2D eigenvalue weighted by atomic mass is 9.85. The van der Waals surface area contributed by atoms with Crippen molar-refractivity contribution < 1.29 is 47.5 Å². The summed E-state index contributed by atoms with van der Waals surface area (Å²) < 4.78 is 40.0. The van der Waals surface area contributed by atoms with Crippen LogP contribution in [0.4, 0.5) is 4.79 Å². The highest BCUT2D eigenvalue weighted by Gasteiger charge is 2.50. The highest BCUT2D eigenvalue weighted by atomic mass is 33.1. The summed E-state index contributed by atoms with van der Waals surface area (Å²) in [6, 6.07) is 11.5. The number of hydrogen-bond acceptors (Lipinski definition) is 14. The second-order valence-electron chi connectivity index (χ2n) is 13.3. The summed E-state index contributed by atoms with van der Waals surface area (Å²) in [5.41, 5.74) is 1.41. The van der Waals surface area contributed by atoms with Crippen LogP contribution in [0, 0.1) is 0 Å². The van der Waals surface area contributed by atoms with Crippen LogP contribution >= 0.6 is 21.6 Å². The lowest BCUT2D eigenvalue weighted by Crippen LogP contribution is -2.49. The minimum absolute atomic E-state index is 0.0637. The van der Waals surface area contributed by atoms with Gasteiger partial charge in [-0.05, 0) is 43.9 Å². The Morgan fingerprint density at radius 2 is 1.69 bits per heavy atom. The lowest BCUT2D eigenvalue weighted by Gasteiger charge is -2.35. The van der Waals surface area contributed by atoms with Gasteiger partial charge in [-0.3, -0.25) is 9.59 Å². The highest BCUT2D eigenvalue weighted by Crippen LogP contribution is 2.41. The maximum Gasteiger partial charge on any atom is 0.408 e. The van der Waals surface area contributed by atoms with Gasteiger partial charge in [0, 0.05) is 40.5 Å². The van der Waals surface area contributed by atoms with Crippen molar-refractivity contribution in [3.05, 3.63) is 63.4 Å². The van der Waals surface area contributed by atoms with Crippen LogP contribution in [0.2, 0.25) is 0 Å². The number of cyclic esters (lactones) is 1. The van der Waals surface area contributed by atoms with E-state index in [0.29, 0.717) is 76.2 Å². The molecule has 2 unspecified atom stereocenters. The number of aromatic nitrogens is 2. The summed E-state index contributed by atoms with van der Waals surface area (Å²) in [5, 5.41) is 4.33. The number of esters is 2. The Hall–Kier alpha value is -3.67. The van der Waals surface area contributed by atoms with E-state index in [-0.39, 0.29) is 49.9 Å². The fraction of sp³-hybridized carbons (Fsp3) is 0.564. The molecular formula is C39H49N3O11S2. The molecule has 1 amide bonds. The number of hydrogen-bond donors (Lipinski definition) is 1. The lowest BCUT2D eigenvalue weighted by molar-refractivity contribution is -0.172. The molecule has 0 radical (unpaired) electrons. The monoisotopic (exact) mass is 799 g/mol. The van der Waals surface area contributed by atoms with Crippen molar-refractivity contribution in [2.45, 2.75) is 69.5 Å². The number of ether oxygens (including phenoxy) is 7. The Morgan fingerprint density at radius 1 is 0.964 bits per heavy atom. The van der Waals surface area contributed by atoms with Crippen molar-refractivity contribution in [3.63, 3.8) is 0 Å². The van der Waals surface area contributed by atoms with Crippen LogP contribution in [0.3, 0.4) is 0 Å². The third-order valence-electron chi connectivity index (χ3n) is 9.66. The number of benzene rings is 1. The molecule has 2 atom stereocenters. The Kier molecular flexibility index (Phi) is 15.3. The Labute approximate surface area is 328 Å². The summed E-state index contributed by atoms with van der Waals surface area (Å²) in [7, 11) is 3.91. The van der Waals surface area contributed by atoms with Crippen LogP contribution in [-0.4, -0.2) is 105 Å². The van der Waals surface area contributed by atoms with Crippen LogP contribution < -0.4 is 10.9 Å². The highest BCUT2D eigenvalue weighted by molar-refractivity contribution is 8.77. The number of para-hydroxylation sites is 1. The summed E-state index contributed by atoms with van der Waals surface area (Å²) in [5.74, 6) is 0.330. The predicted molar refractivity (Wildman–Crippen MR) is 208 cm³/mol. The number of nitrogens with one attached hydrogen (secondary N) is 1. The number of fused-ring (bicyclic) bond motifs is 5. The smallest absolute Gasteiger partial charge is 0.408 e. The zero-order chi connectivity index (χ0) is 38.5. The minimum atomic E-state index is -1.80. The molecule has 298 valence electrons. The van der Waals surface area contributed by atoms with Gasteiger partial charge in [0.1, 0.15) is 13.2 Å². The molecule has 1 fully saturated rings. The van der Waals surface area contributed by atoms with E-state index in [1.807, 2.05) is 51.9 Å². The van der Waals surface area contributed by atoms with E-state index >= 15 is 0 Å². The first-order chi connectivity index (χ1) is 26.9. The third-order valence-corrected chi connectivity index (χ3v) is 12.7. The Morgan fingerprint density at radius 3 is 2.42 bits per heavy atom. The summed E-state index contributed by atoms with van der Waals surface area (Å²) in [6.07, 6.45) is 4.06. The van der Waals surface area contributed by atoms with Crippen molar-refractivity contribution in [3.8, 4) is 11.4 Å². The van der Waals surface area contributed by atoms with E-state index in [2.05, 4.69) is 5.32 Å². The van der Waals surface area contributed by atoms with Gasteiger partial charge < -0.3 is 43.0 Å². The normalized spacial score (nSPS) is 18.4. The van der Waals surface area contributed by atoms with Gasteiger partial charge in [-0.2, -0.15) is 0 Å². The fourth-order valence-electron chi connectivity index (χ4n) is 6.76. The first-order valence-corrected chi connectivity index (χ1v) is 21.3. The van der Waals surface area contributed by atoms with Crippen molar-refractivity contribution in [2.75, 3.05) is 71.8 Å². The second-order valence-corrected chi connectivity index (χ2v) is 16.1. The molecule has 1 saturated heterocycles. The first-order valence-electron chi connectivity index (χ1n) is 18.9. The van der Waals surface area contributed by atoms with E-state index in [1.54, 1.807) is 17.6 Å². The van der Waals surface area contributed by atoms with Gasteiger partial charge in [0.25, 0.3) is 5.56 Å². The number of unbranched alkanes of at least 4 members (excludes halogenated alkanes) is 1. The van der Waals surface area contributed by atoms with Crippen molar-refractivity contribution in [2.24, 2.45) is 0 Å². The molecule has 3 aliphatic rings. The zero-order valence-corrected chi connectivity index (χ0v) is 32.8. The molecule has 16 heteroatoms. The quantitative estimate of drug-likeness (QED) is 0.0482. The standard InChI is InChI=1S/C39H49N3O11S2/c1-2-39(31-24-33-35-28(23-27-7-3-5-9-32(27)41-35)25-42(33)36(44)30(31)26-52-37(39)45)53-38(46)40-12-13-47-14-15-48-16-17-49-18-19-50-20-21-51-34(43)10-6-4-8-29-11-22-54-55-29/h3,5,7,9,23-24,29H,2,4,6,8,10-22,25-26H2,1H3,(H,40,46). The molecule has 1 aromatic carbocycles. The average Bonchev–Trinajstić information content (AvgIpc) is 3.85. The Balaban J connectivity index is 0.822. The van der Waals surface area contributed by atoms with E-state index in [1.165, 1.54) is 18.6 Å². The van der Waals surface area contributed by atoms with Crippen LogP contribution in [0.1, 0.15) is 62.1 Å². The largest absolute Gasteiger partial charge is 0.463 e. The van der Waals surface area contributed by atoms with Gasteiger partial charge >= 0.3 is 18.0 Å². The van der Waals surface area contributed by atoms with Gasteiger partial charge in [-0.25, -0.2) is 14.6 Å². The van der Waals surface area contributed by atoms with Gasteiger partial charge in [-0.15, -0.1) is 0 Å². The van der Waals surface area contributed by atoms with Gasteiger partial charge in [0.15, 0.2) is 0 Å². The SMILES string of the molecule is CCC1(OC(=O)NCCOCCOCCOCCOCCOC(=O)CCCCC2CCSS2)C(=O)OCc2c1cc1n(c2=O)Cc2cc3ccccc3nc2-1. The molecule has 3 aliphatic heterocycles. The number of pyridine rings is 2. The number of alkyl carbamates (subject to hydrolysis) is 1. The number of nitrogens with zero attached hydrogens (tertiary/aromatic N) is 2. The molecule has 1 N–H and O–H groups in total. The number of rotatable bonds is 22. The summed E-state index contributed by atoms with van der Waals surface area (Å²) in [6.45, 7) is 4.94. The maximum absolute atomic E-state index is 13.7. The molecule has 0 spiro atoms. The van der Waals surface area contributed by atoms with Gasteiger partial charge in [-0.1, -0.05) is 53.1 Å². The average molecular weight is 800 g/mol. The first kappa shape index (κ1) is 41.0. The van der Waals surface area contributed by atoms with Crippen LogP contribution in [0.15, 0.2) is 41.2 Å². The van der Waals surface area contributed by atoms with Gasteiger partial charge in [0.05, 0.1) is 81.9 Å². The molecule has 3 aromatic rings. The maximum atomic E-state index is 13.7. The van der Waals surface area contributed by atoms with Crippen molar-refractivity contribution >= 4 is 50.5 Å². The van der Waals surface area contributed by atoms with Crippen LogP contribution in [0.5, 0.6) is 0 Å². The topological polar surface area (TPSA) is 163 Å². The third kappa shape index (κ3) is 10.6. The van der Waals surface area contributed by atoms with Gasteiger partial charge in [0.2, 0.25) is 5.60 Å². The van der Waals surface area contributed by atoms with Crippen LogP contribution in [0.25, 0.3) is 22.3 Å².